The Morgan fingerprint density at radius 3 is 2.27 bits per heavy atom. The Kier molecular flexibility index (Phi) is 3.34. The smallest absolute Gasteiger partial charge is 0.0175 e. The Hall–Kier alpha value is -0.0800. The van der Waals surface area contributed by atoms with Crippen LogP contribution in [0.25, 0.3) is 0 Å². The fourth-order valence-corrected chi connectivity index (χ4v) is 1.41. The van der Waals surface area contributed by atoms with Crippen LogP contribution in [-0.2, 0) is 6.42 Å². The quantitative estimate of drug-likeness (QED) is 0.768. The summed E-state index contributed by atoms with van der Waals surface area (Å²) in [5.41, 5.74) is 1.27. The fourth-order valence-electron chi connectivity index (χ4n) is 0.824. The number of benzene rings is 1. The normalized spacial score (nSPS) is 9.64. The zero-order valence-electron chi connectivity index (χ0n) is 5.98. The summed E-state index contributed by atoms with van der Waals surface area (Å²) >= 11 is 6.70. The summed E-state index contributed by atoms with van der Waals surface area (Å²) in [6, 6.07) is 8.23. The second kappa shape index (κ2) is 4.07. The van der Waals surface area contributed by atoms with Gasteiger partial charge < -0.3 is 0 Å². The van der Waals surface area contributed by atoms with Crippen LogP contribution in [0, 0.1) is 0 Å². The highest BCUT2D eigenvalue weighted by atomic mass is 79.9. The topological polar surface area (TPSA) is 0 Å². The van der Waals surface area contributed by atoms with E-state index in [1.165, 1.54) is 5.56 Å². The number of rotatable bonds is 2. The molecule has 0 saturated carbocycles. The van der Waals surface area contributed by atoms with Crippen molar-refractivity contribution in [3.8, 4) is 0 Å². The van der Waals surface area contributed by atoms with Gasteiger partial charge in [-0.2, -0.15) is 0 Å². The molecular formula is C9H8Br2. The van der Waals surface area contributed by atoms with Crippen molar-refractivity contribution in [2.24, 2.45) is 0 Å². The summed E-state index contributed by atoms with van der Waals surface area (Å²) in [6.07, 6.45) is 0.896. The lowest BCUT2D eigenvalue weighted by Crippen LogP contribution is -1.81. The molecule has 0 aromatic heterocycles. The van der Waals surface area contributed by atoms with Crippen LogP contribution < -0.4 is 0 Å². The van der Waals surface area contributed by atoms with Gasteiger partial charge in [0.05, 0.1) is 0 Å². The maximum absolute atomic E-state index is 3.78. The van der Waals surface area contributed by atoms with E-state index in [4.69, 9.17) is 0 Å². The van der Waals surface area contributed by atoms with Crippen molar-refractivity contribution in [3.63, 3.8) is 0 Å². The third kappa shape index (κ3) is 3.21. The minimum atomic E-state index is 0.896. The Balaban J connectivity index is 2.74. The third-order valence-corrected chi connectivity index (χ3v) is 2.12. The number of halogens is 2. The number of hydrogen-bond acceptors (Lipinski definition) is 0. The van der Waals surface area contributed by atoms with Crippen LogP contribution in [-0.4, -0.2) is 0 Å². The van der Waals surface area contributed by atoms with E-state index in [9.17, 15) is 0 Å². The molecule has 0 aliphatic carbocycles. The highest BCUT2D eigenvalue weighted by molar-refractivity contribution is 9.11. The zero-order valence-corrected chi connectivity index (χ0v) is 9.15. The minimum absolute atomic E-state index is 0.896. The minimum Gasteiger partial charge on any atom is -0.0885 e. The van der Waals surface area contributed by atoms with Crippen LogP contribution in [0.3, 0.4) is 0 Å². The molecule has 0 heterocycles. The molecule has 0 unspecified atom stereocenters. The van der Waals surface area contributed by atoms with E-state index in [0.29, 0.717) is 0 Å². The maximum Gasteiger partial charge on any atom is 0.0175 e. The molecule has 1 aromatic rings. The van der Waals surface area contributed by atoms with Crippen molar-refractivity contribution in [2.45, 2.75) is 6.42 Å². The Labute approximate surface area is 83.6 Å². The Bertz CT molecular complexity index is 249. The first kappa shape index (κ1) is 9.01. The largest absolute Gasteiger partial charge is 0.0885 e. The monoisotopic (exact) mass is 274 g/mol. The van der Waals surface area contributed by atoms with Gasteiger partial charge in [0.15, 0.2) is 0 Å². The van der Waals surface area contributed by atoms with Crippen molar-refractivity contribution in [3.05, 3.63) is 45.4 Å². The highest BCUT2D eigenvalue weighted by Gasteiger charge is 1.92. The first-order chi connectivity index (χ1) is 5.18. The summed E-state index contributed by atoms with van der Waals surface area (Å²) in [6.45, 7) is 3.78. The first-order valence-corrected chi connectivity index (χ1v) is 4.85. The van der Waals surface area contributed by atoms with E-state index in [2.05, 4.69) is 50.6 Å². The SMILES string of the molecule is C=C(Br)Cc1ccc(Br)cc1. The van der Waals surface area contributed by atoms with Gasteiger partial charge in [-0.3, -0.25) is 0 Å². The van der Waals surface area contributed by atoms with E-state index in [-0.39, 0.29) is 0 Å². The van der Waals surface area contributed by atoms with Gasteiger partial charge in [-0.1, -0.05) is 50.6 Å². The molecule has 0 N–H and O–H groups in total. The summed E-state index contributed by atoms with van der Waals surface area (Å²) in [7, 11) is 0. The maximum atomic E-state index is 3.78. The molecule has 1 rings (SSSR count). The lowest BCUT2D eigenvalue weighted by molar-refractivity contribution is 1.26. The molecule has 0 bridgehead atoms. The summed E-state index contributed by atoms with van der Waals surface area (Å²) in [5, 5.41) is 0. The van der Waals surface area contributed by atoms with Crippen LogP contribution in [0.2, 0.25) is 0 Å². The van der Waals surface area contributed by atoms with Crippen molar-refractivity contribution in [1.82, 2.24) is 0 Å². The van der Waals surface area contributed by atoms with Crippen LogP contribution in [0.5, 0.6) is 0 Å². The molecule has 0 atom stereocenters. The van der Waals surface area contributed by atoms with Gasteiger partial charge in [0.1, 0.15) is 0 Å². The van der Waals surface area contributed by atoms with E-state index in [1.807, 2.05) is 12.1 Å². The standard InChI is InChI=1S/C9H8Br2/c1-7(10)6-8-2-4-9(11)5-3-8/h2-5H,1,6H2. The summed E-state index contributed by atoms with van der Waals surface area (Å²) < 4.78 is 2.13. The molecule has 0 aliphatic rings. The molecule has 58 valence electrons. The molecule has 0 fully saturated rings. The van der Waals surface area contributed by atoms with E-state index in [0.717, 1.165) is 15.4 Å². The molecule has 0 saturated heterocycles. The number of hydrogen-bond donors (Lipinski definition) is 0. The predicted molar refractivity (Wildman–Crippen MR) is 55.9 cm³/mol. The number of allylic oxidation sites excluding steroid dienone is 1. The van der Waals surface area contributed by atoms with E-state index < -0.39 is 0 Å². The van der Waals surface area contributed by atoms with Gasteiger partial charge in [0.25, 0.3) is 0 Å². The molecule has 2 heteroatoms. The first-order valence-electron chi connectivity index (χ1n) is 3.26. The van der Waals surface area contributed by atoms with Crippen LogP contribution in [0.15, 0.2) is 39.8 Å². The van der Waals surface area contributed by atoms with Crippen molar-refractivity contribution < 1.29 is 0 Å². The van der Waals surface area contributed by atoms with Crippen molar-refractivity contribution in [1.29, 1.82) is 0 Å². The predicted octanol–water partition coefficient (Wildman–Crippen LogP) is 3.90. The van der Waals surface area contributed by atoms with Gasteiger partial charge in [-0.15, -0.1) is 0 Å². The lowest BCUT2D eigenvalue weighted by Gasteiger charge is -1.98. The second-order valence-corrected chi connectivity index (χ2v) is 4.36. The van der Waals surface area contributed by atoms with Gasteiger partial charge in [0.2, 0.25) is 0 Å². The van der Waals surface area contributed by atoms with E-state index >= 15 is 0 Å². The molecule has 11 heavy (non-hydrogen) atoms. The van der Waals surface area contributed by atoms with Crippen LogP contribution in [0.1, 0.15) is 5.56 Å². The van der Waals surface area contributed by atoms with Crippen LogP contribution in [0.4, 0.5) is 0 Å². The average Bonchev–Trinajstić information content (AvgIpc) is 1.93. The Morgan fingerprint density at radius 2 is 1.82 bits per heavy atom. The van der Waals surface area contributed by atoms with Crippen LogP contribution >= 0.6 is 31.9 Å². The molecular weight excluding hydrogens is 268 g/mol. The van der Waals surface area contributed by atoms with Crippen molar-refractivity contribution in [2.75, 3.05) is 0 Å². The zero-order chi connectivity index (χ0) is 8.27. The molecule has 0 aliphatic heterocycles. The molecule has 0 spiro atoms. The van der Waals surface area contributed by atoms with Gasteiger partial charge >= 0.3 is 0 Å². The van der Waals surface area contributed by atoms with Gasteiger partial charge in [-0.05, 0) is 22.2 Å². The summed E-state index contributed by atoms with van der Waals surface area (Å²) in [5.74, 6) is 0. The lowest BCUT2D eigenvalue weighted by atomic mass is 10.2. The van der Waals surface area contributed by atoms with Gasteiger partial charge in [-0.25, -0.2) is 0 Å². The molecule has 0 amide bonds. The Morgan fingerprint density at radius 1 is 1.27 bits per heavy atom. The second-order valence-electron chi connectivity index (χ2n) is 2.32. The van der Waals surface area contributed by atoms with E-state index in [1.54, 1.807) is 0 Å². The fraction of sp³-hybridized carbons (Fsp3) is 0.111. The molecule has 1 aromatic carbocycles. The average molecular weight is 276 g/mol. The third-order valence-electron chi connectivity index (χ3n) is 1.31. The van der Waals surface area contributed by atoms with Crippen molar-refractivity contribution >= 4 is 31.9 Å². The molecule has 0 radical (unpaired) electrons. The summed E-state index contributed by atoms with van der Waals surface area (Å²) in [4.78, 5) is 0. The highest BCUT2D eigenvalue weighted by Crippen LogP contribution is 2.15. The molecule has 0 nitrogen and oxygen atoms in total. The van der Waals surface area contributed by atoms with Gasteiger partial charge in [0, 0.05) is 10.9 Å².